The van der Waals surface area contributed by atoms with Crippen molar-refractivity contribution in [1.29, 1.82) is 0 Å². The third-order valence-electron chi connectivity index (χ3n) is 3.68. The van der Waals surface area contributed by atoms with Crippen LogP contribution in [0.4, 0.5) is 0 Å². The fraction of sp³-hybridized carbons (Fsp3) is 0.467. The van der Waals surface area contributed by atoms with Gasteiger partial charge in [0.2, 0.25) is 0 Å². The highest BCUT2D eigenvalue weighted by Crippen LogP contribution is 2.20. The van der Waals surface area contributed by atoms with Crippen molar-refractivity contribution in [1.82, 2.24) is 4.57 Å². The number of hydrogen-bond donors (Lipinski definition) is 1. The van der Waals surface area contributed by atoms with Gasteiger partial charge in [0.1, 0.15) is 0 Å². The minimum atomic E-state index is 0.619. The Hall–Kier alpha value is -1.28. The first-order chi connectivity index (χ1) is 8.28. The maximum atomic E-state index is 5.66. The number of benzene rings is 1. The number of hydrogen-bond acceptors (Lipinski definition) is 1. The number of rotatable bonds is 5. The molecule has 0 saturated carbocycles. The molecule has 2 heteroatoms. The molecule has 2 N–H and O–H groups in total. The lowest BCUT2D eigenvalue weighted by atomic mass is 10.0. The standard InChI is InChI=1S/C15H22N2/c1-3-12(4-2)11-17-8-7-14-9-13(10-16)5-6-15(14)17/h5-9,12H,3-4,10-11,16H2,1-2H3. The van der Waals surface area contributed by atoms with Crippen LogP contribution < -0.4 is 5.73 Å². The van der Waals surface area contributed by atoms with Crippen molar-refractivity contribution in [2.24, 2.45) is 11.7 Å². The lowest BCUT2D eigenvalue weighted by Crippen LogP contribution is -2.08. The molecule has 0 aliphatic rings. The van der Waals surface area contributed by atoms with Gasteiger partial charge in [-0.05, 0) is 35.1 Å². The Kier molecular flexibility index (Phi) is 3.85. The van der Waals surface area contributed by atoms with Gasteiger partial charge in [-0.2, -0.15) is 0 Å². The molecule has 2 aromatic rings. The lowest BCUT2D eigenvalue weighted by molar-refractivity contribution is 0.425. The molecule has 0 unspecified atom stereocenters. The highest BCUT2D eigenvalue weighted by Gasteiger charge is 2.07. The summed E-state index contributed by atoms with van der Waals surface area (Å²) in [5.74, 6) is 0.778. The molecule has 0 aliphatic carbocycles. The fourth-order valence-corrected chi connectivity index (χ4v) is 2.36. The smallest absolute Gasteiger partial charge is 0.0480 e. The van der Waals surface area contributed by atoms with E-state index in [0.717, 1.165) is 12.5 Å². The van der Waals surface area contributed by atoms with E-state index in [1.54, 1.807) is 0 Å². The van der Waals surface area contributed by atoms with Crippen molar-refractivity contribution in [3.8, 4) is 0 Å². The van der Waals surface area contributed by atoms with E-state index in [1.165, 1.54) is 29.3 Å². The molecule has 1 aromatic heterocycles. The van der Waals surface area contributed by atoms with Crippen LogP contribution in [0.1, 0.15) is 32.3 Å². The average molecular weight is 230 g/mol. The Labute approximate surface area is 103 Å². The molecule has 92 valence electrons. The normalized spacial score (nSPS) is 11.5. The van der Waals surface area contributed by atoms with E-state index < -0.39 is 0 Å². The monoisotopic (exact) mass is 230 g/mol. The van der Waals surface area contributed by atoms with Gasteiger partial charge in [-0.15, -0.1) is 0 Å². The summed E-state index contributed by atoms with van der Waals surface area (Å²) in [6, 6.07) is 8.71. The Bertz CT molecular complexity index is 481. The molecule has 0 fully saturated rings. The van der Waals surface area contributed by atoms with Crippen LogP contribution in [0.2, 0.25) is 0 Å². The third-order valence-corrected chi connectivity index (χ3v) is 3.68. The molecule has 17 heavy (non-hydrogen) atoms. The molecule has 0 bridgehead atoms. The predicted octanol–water partition coefficient (Wildman–Crippen LogP) is 3.54. The zero-order chi connectivity index (χ0) is 12.3. The number of aromatic nitrogens is 1. The van der Waals surface area contributed by atoms with E-state index in [9.17, 15) is 0 Å². The van der Waals surface area contributed by atoms with Gasteiger partial charge >= 0.3 is 0 Å². The lowest BCUT2D eigenvalue weighted by Gasteiger charge is -2.14. The molecule has 1 aromatic carbocycles. The van der Waals surface area contributed by atoms with E-state index in [-0.39, 0.29) is 0 Å². The molecular weight excluding hydrogens is 208 g/mol. The fourth-order valence-electron chi connectivity index (χ4n) is 2.36. The van der Waals surface area contributed by atoms with Crippen molar-refractivity contribution in [2.45, 2.75) is 39.8 Å². The second-order valence-corrected chi connectivity index (χ2v) is 4.75. The van der Waals surface area contributed by atoms with Crippen molar-refractivity contribution >= 4 is 10.9 Å². The van der Waals surface area contributed by atoms with Crippen LogP contribution in [0.25, 0.3) is 10.9 Å². The first-order valence-corrected chi connectivity index (χ1v) is 6.56. The summed E-state index contributed by atoms with van der Waals surface area (Å²) >= 11 is 0. The van der Waals surface area contributed by atoms with Crippen LogP contribution >= 0.6 is 0 Å². The number of nitrogens with zero attached hydrogens (tertiary/aromatic N) is 1. The molecule has 2 nitrogen and oxygen atoms in total. The maximum absolute atomic E-state index is 5.66. The molecule has 0 atom stereocenters. The Morgan fingerprint density at radius 2 is 1.94 bits per heavy atom. The summed E-state index contributed by atoms with van der Waals surface area (Å²) in [4.78, 5) is 0. The SMILES string of the molecule is CCC(CC)Cn1ccc2cc(CN)ccc21. The van der Waals surface area contributed by atoms with Crippen LogP contribution in [-0.4, -0.2) is 4.57 Å². The molecule has 1 heterocycles. The first-order valence-electron chi connectivity index (χ1n) is 6.56. The van der Waals surface area contributed by atoms with E-state index in [1.807, 2.05) is 0 Å². The van der Waals surface area contributed by atoms with Gasteiger partial charge in [0.25, 0.3) is 0 Å². The minimum Gasteiger partial charge on any atom is -0.347 e. The topological polar surface area (TPSA) is 30.9 Å². The summed E-state index contributed by atoms with van der Waals surface area (Å²) in [6.07, 6.45) is 4.69. The molecule has 0 amide bonds. The number of fused-ring (bicyclic) bond motifs is 1. The summed E-state index contributed by atoms with van der Waals surface area (Å²) in [5, 5.41) is 1.30. The minimum absolute atomic E-state index is 0.619. The van der Waals surface area contributed by atoms with E-state index >= 15 is 0 Å². The second kappa shape index (κ2) is 5.37. The Balaban J connectivity index is 2.30. The van der Waals surface area contributed by atoms with Crippen LogP contribution in [0.15, 0.2) is 30.5 Å². The molecular formula is C15H22N2. The van der Waals surface area contributed by atoms with E-state index in [4.69, 9.17) is 5.73 Å². The van der Waals surface area contributed by atoms with Crippen LogP contribution in [0, 0.1) is 5.92 Å². The van der Waals surface area contributed by atoms with E-state index in [2.05, 4.69) is 48.9 Å². The van der Waals surface area contributed by atoms with Gasteiger partial charge in [0.05, 0.1) is 0 Å². The molecule has 0 saturated heterocycles. The van der Waals surface area contributed by atoms with Crippen molar-refractivity contribution in [3.63, 3.8) is 0 Å². The van der Waals surface area contributed by atoms with Crippen LogP contribution in [0.3, 0.4) is 0 Å². The van der Waals surface area contributed by atoms with Crippen molar-refractivity contribution < 1.29 is 0 Å². The highest BCUT2D eigenvalue weighted by atomic mass is 15.0. The highest BCUT2D eigenvalue weighted by molar-refractivity contribution is 5.80. The summed E-state index contributed by atoms with van der Waals surface area (Å²) in [6.45, 7) is 6.28. The van der Waals surface area contributed by atoms with Crippen LogP contribution in [0.5, 0.6) is 0 Å². The molecule has 0 aliphatic heterocycles. The number of nitrogens with two attached hydrogens (primary N) is 1. The molecule has 0 spiro atoms. The van der Waals surface area contributed by atoms with Gasteiger partial charge < -0.3 is 10.3 Å². The van der Waals surface area contributed by atoms with Gasteiger partial charge in [-0.25, -0.2) is 0 Å². The zero-order valence-electron chi connectivity index (χ0n) is 10.8. The van der Waals surface area contributed by atoms with Gasteiger partial charge in [0, 0.05) is 24.8 Å². The van der Waals surface area contributed by atoms with Gasteiger partial charge in [-0.1, -0.05) is 32.8 Å². The molecule has 2 rings (SSSR count). The van der Waals surface area contributed by atoms with Gasteiger partial charge in [-0.3, -0.25) is 0 Å². The quantitative estimate of drug-likeness (QED) is 0.837. The predicted molar refractivity (Wildman–Crippen MR) is 73.9 cm³/mol. The first kappa shape index (κ1) is 12.2. The summed E-state index contributed by atoms with van der Waals surface area (Å²) in [7, 11) is 0. The molecule has 0 radical (unpaired) electrons. The van der Waals surface area contributed by atoms with E-state index in [0.29, 0.717) is 6.54 Å². The average Bonchev–Trinajstić information content (AvgIpc) is 2.78. The third kappa shape index (κ3) is 2.52. The Morgan fingerprint density at radius 3 is 2.59 bits per heavy atom. The van der Waals surface area contributed by atoms with Crippen molar-refractivity contribution in [3.05, 3.63) is 36.0 Å². The summed E-state index contributed by atoms with van der Waals surface area (Å²) < 4.78 is 2.37. The maximum Gasteiger partial charge on any atom is 0.0480 e. The van der Waals surface area contributed by atoms with Crippen molar-refractivity contribution in [2.75, 3.05) is 0 Å². The summed E-state index contributed by atoms with van der Waals surface area (Å²) in [5.41, 5.74) is 8.20. The second-order valence-electron chi connectivity index (χ2n) is 4.75. The van der Waals surface area contributed by atoms with Crippen LogP contribution in [-0.2, 0) is 13.1 Å². The van der Waals surface area contributed by atoms with Gasteiger partial charge in [0.15, 0.2) is 0 Å². The zero-order valence-corrected chi connectivity index (χ0v) is 10.8. The largest absolute Gasteiger partial charge is 0.347 e. The Morgan fingerprint density at radius 1 is 1.18 bits per heavy atom.